The Bertz CT molecular complexity index is 1220. The van der Waals surface area contributed by atoms with Gasteiger partial charge in [0.15, 0.2) is 0 Å². The molecule has 3 aromatic rings. The molecule has 0 saturated heterocycles. The summed E-state index contributed by atoms with van der Waals surface area (Å²) in [4.78, 5) is 12.3. The number of benzene rings is 1. The van der Waals surface area contributed by atoms with Crippen LogP contribution in [-0.2, 0) is 14.6 Å². The predicted molar refractivity (Wildman–Crippen MR) is 109 cm³/mol. The standard InChI is InChI=1S/C18H13ClN4O4S2/c1-2-29(25,26)18-23-22-17(28-18)21-16(24)12(10-20)9-14-7-8-15(27-14)11-3-5-13(19)6-4-11/h3-9H,2H2,1H3,(H,21,22,24)/b12-9-. The first-order valence-electron chi connectivity index (χ1n) is 8.17. The number of nitrogens with one attached hydrogen (secondary N) is 1. The Balaban J connectivity index is 1.77. The summed E-state index contributed by atoms with van der Waals surface area (Å²) in [6, 6.07) is 12.1. The van der Waals surface area contributed by atoms with Crippen molar-refractivity contribution in [3.8, 4) is 17.4 Å². The van der Waals surface area contributed by atoms with Gasteiger partial charge < -0.3 is 4.42 Å². The maximum absolute atomic E-state index is 12.3. The first-order chi connectivity index (χ1) is 13.8. The van der Waals surface area contributed by atoms with Crippen LogP contribution in [0.2, 0.25) is 5.02 Å². The Hall–Kier alpha value is -3.00. The molecule has 1 amide bonds. The third kappa shape index (κ3) is 4.89. The summed E-state index contributed by atoms with van der Waals surface area (Å²) in [5.41, 5.74) is 0.549. The number of hydrogen-bond acceptors (Lipinski definition) is 8. The van der Waals surface area contributed by atoms with Crippen molar-refractivity contribution in [2.45, 2.75) is 11.3 Å². The lowest BCUT2D eigenvalue weighted by atomic mass is 10.2. The van der Waals surface area contributed by atoms with E-state index in [-0.39, 0.29) is 20.8 Å². The van der Waals surface area contributed by atoms with Crippen molar-refractivity contribution in [1.29, 1.82) is 5.26 Å². The third-order valence-corrected chi connectivity index (χ3v) is 6.95. The van der Waals surface area contributed by atoms with Gasteiger partial charge in [0.25, 0.3) is 5.91 Å². The maximum atomic E-state index is 12.3. The van der Waals surface area contributed by atoms with Gasteiger partial charge in [0.2, 0.25) is 19.3 Å². The van der Waals surface area contributed by atoms with E-state index in [1.807, 2.05) is 0 Å². The minimum Gasteiger partial charge on any atom is -0.457 e. The smallest absolute Gasteiger partial charge is 0.268 e. The summed E-state index contributed by atoms with van der Waals surface area (Å²) < 4.78 is 29.0. The lowest BCUT2D eigenvalue weighted by Gasteiger charge is -1.99. The van der Waals surface area contributed by atoms with E-state index < -0.39 is 15.7 Å². The molecular formula is C18H13ClN4O4S2. The van der Waals surface area contributed by atoms with Crippen LogP contribution in [0.1, 0.15) is 12.7 Å². The molecule has 29 heavy (non-hydrogen) atoms. The number of anilines is 1. The minimum atomic E-state index is -3.52. The molecule has 0 spiro atoms. The van der Waals surface area contributed by atoms with E-state index in [4.69, 9.17) is 16.0 Å². The van der Waals surface area contributed by atoms with Crippen LogP contribution in [0.3, 0.4) is 0 Å². The van der Waals surface area contributed by atoms with Gasteiger partial charge >= 0.3 is 0 Å². The summed E-state index contributed by atoms with van der Waals surface area (Å²) in [6.07, 6.45) is 1.28. The van der Waals surface area contributed by atoms with E-state index in [0.29, 0.717) is 27.9 Å². The fourth-order valence-corrected chi connectivity index (χ4v) is 4.27. The minimum absolute atomic E-state index is 0.0236. The van der Waals surface area contributed by atoms with Gasteiger partial charge in [-0.25, -0.2) is 8.42 Å². The highest BCUT2D eigenvalue weighted by atomic mass is 35.5. The molecule has 0 radical (unpaired) electrons. The molecule has 0 aliphatic rings. The van der Waals surface area contributed by atoms with Crippen molar-refractivity contribution in [1.82, 2.24) is 10.2 Å². The average Bonchev–Trinajstić information content (AvgIpc) is 3.36. The van der Waals surface area contributed by atoms with Crippen molar-refractivity contribution in [2.75, 3.05) is 11.1 Å². The first kappa shape index (κ1) is 20.7. The Kier molecular flexibility index (Phi) is 6.12. The number of furan rings is 1. The molecule has 0 saturated carbocycles. The van der Waals surface area contributed by atoms with Gasteiger partial charge in [0.1, 0.15) is 23.2 Å². The molecule has 0 aliphatic carbocycles. The van der Waals surface area contributed by atoms with E-state index in [0.717, 1.165) is 5.56 Å². The van der Waals surface area contributed by atoms with Gasteiger partial charge in [-0.3, -0.25) is 10.1 Å². The van der Waals surface area contributed by atoms with Crippen LogP contribution in [0.4, 0.5) is 5.13 Å². The number of amides is 1. The number of nitriles is 1. The zero-order valence-electron chi connectivity index (χ0n) is 14.9. The number of rotatable bonds is 6. The van der Waals surface area contributed by atoms with Crippen LogP contribution in [-0.4, -0.2) is 30.3 Å². The highest BCUT2D eigenvalue weighted by molar-refractivity contribution is 7.93. The lowest BCUT2D eigenvalue weighted by Crippen LogP contribution is -2.13. The molecule has 3 rings (SSSR count). The fraction of sp³-hybridized carbons (Fsp3) is 0.111. The number of sulfone groups is 1. The Labute approximate surface area is 175 Å². The molecular weight excluding hydrogens is 436 g/mol. The monoisotopic (exact) mass is 448 g/mol. The largest absolute Gasteiger partial charge is 0.457 e. The zero-order valence-corrected chi connectivity index (χ0v) is 17.3. The van der Waals surface area contributed by atoms with Crippen molar-refractivity contribution in [2.24, 2.45) is 0 Å². The molecule has 2 aromatic heterocycles. The summed E-state index contributed by atoms with van der Waals surface area (Å²) in [5.74, 6) is -0.0428. The third-order valence-electron chi connectivity index (χ3n) is 3.68. The normalized spacial score (nSPS) is 11.8. The number of carbonyl (C=O) groups is 1. The van der Waals surface area contributed by atoms with E-state index in [2.05, 4.69) is 15.5 Å². The fourth-order valence-electron chi connectivity index (χ4n) is 2.16. The van der Waals surface area contributed by atoms with E-state index in [1.165, 1.54) is 13.0 Å². The van der Waals surface area contributed by atoms with Crippen LogP contribution >= 0.6 is 22.9 Å². The van der Waals surface area contributed by atoms with E-state index in [9.17, 15) is 18.5 Å². The van der Waals surface area contributed by atoms with Crippen molar-refractivity contribution in [3.05, 3.63) is 52.8 Å². The highest BCUT2D eigenvalue weighted by Gasteiger charge is 2.20. The lowest BCUT2D eigenvalue weighted by molar-refractivity contribution is -0.112. The number of carbonyl (C=O) groups excluding carboxylic acids is 1. The zero-order chi connectivity index (χ0) is 21.0. The molecule has 11 heteroatoms. The van der Waals surface area contributed by atoms with Crippen LogP contribution in [0.15, 0.2) is 50.7 Å². The summed E-state index contributed by atoms with van der Waals surface area (Å²) in [6.45, 7) is 1.48. The molecule has 2 heterocycles. The highest BCUT2D eigenvalue weighted by Crippen LogP contribution is 2.25. The van der Waals surface area contributed by atoms with Crippen LogP contribution < -0.4 is 5.32 Å². The summed E-state index contributed by atoms with van der Waals surface area (Å²) >= 11 is 6.58. The average molecular weight is 449 g/mol. The quantitative estimate of drug-likeness (QED) is 0.345. The molecule has 0 aliphatic heterocycles. The second-order valence-electron chi connectivity index (χ2n) is 5.61. The maximum Gasteiger partial charge on any atom is 0.268 e. The van der Waals surface area contributed by atoms with Crippen LogP contribution in [0, 0.1) is 11.3 Å². The Morgan fingerprint density at radius 2 is 2.00 bits per heavy atom. The molecule has 0 bridgehead atoms. The predicted octanol–water partition coefficient (Wildman–Crippen LogP) is 3.79. The van der Waals surface area contributed by atoms with Gasteiger partial charge in [-0.05, 0) is 36.4 Å². The second-order valence-corrected chi connectivity index (χ2v) is 9.48. The Morgan fingerprint density at radius 3 is 2.66 bits per heavy atom. The molecule has 1 aromatic carbocycles. The summed E-state index contributed by atoms with van der Waals surface area (Å²) in [5, 5.41) is 19.4. The topological polar surface area (TPSA) is 126 Å². The number of nitrogens with zero attached hydrogens (tertiary/aromatic N) is 3. The molecule has 0 unspecified atom stereocenters. The first-order valence-corrected chi connectivity index (χ1v) is 11.0. The number of halogens is 1. The molecule has 0 atom stereocenters. The second kappa shape index (κ2) is 8.57. The van der Waals surface area contributed by atoms with E-state index >= 15 is 0 Å². The number of hydrogen-bond donors (Lipinski definition) is 1. The van der Waals surface area contributed by atoms with Crippen molar-refractivity contribution < 1.29 is 17.6 Å². The molecule has 8 nitrogen and oxygen atoms in total. The van der Waals surface area contributed by atoms with Crippen molar-refractivity contribution >= 4 is 49.9 Å². The van der Waals surface area contributed by atoms with Gasteiger partial charge in [-0.1, -0.05) is 29.9 Å². The molecule has 148 valence electrons. The van der Waals surface area contributed by atoms with Crippen LogP contribution in [0.5, 0.6) is 0 Å². The van der Waals surface area contributed by atoms with Gasteiger partial charge in [0.05, 0.1) is 5.75 Å². The van der Waals surface area contributed by atoms with Gasteiger partial charge in [-0.15, -0.1) is 10.2 Å². The van der Waals surface area contributed by atoms with Crippen molar-refractivity contribution in [3.63, 3.8) is 0 Å². The summed E-state index contributed by atoms with van der Waals surface area (Å²) in [7, 11) is -3.52. The Morgan fingerprint density at radius 1 is 1.28 bits per heavy atom. The molecule has 0 fully saturated rings. The van der Waals surface area contributed by atoms with E-state index in [1.54, 1.807) is 42.5 Å². The van der Waals surface area contributed by atoms with Crippen LogP contribution in [0.25, 0.3) is 17.4 Å². The van der Waals surface area contributed by atoms with Gasteiger partial charge in [0, 0.05) is 16.7 Å². The molecule has 1 N–H and O–H groups in total. The van der Waals surface area contributed by atoms with Gasteiger partial charge in [-0.2, -0.15) is 5.26 Å². The number of aromatic nitrogens is 2. The SMILES string of the molecule is CCS(=O)(=O)c1nnc(NC(=O)/C(C#N)=C\c2ccc(-c3ccc(Cl)cc3)o2)s1.